The third-order valence-corrected chi connectivity index (χ3v) is 11.1. The molecule has 0 spiro atoms. The minimum Gasteiger partial charge on any atom is -0.480 e. The molecule has 0 amide bonds. The fourth-order valence-electron chi connectivity index (χ4n) is 4.83. The molecule has 0 radical (unpaired) electrons. The number of hydrogen-bond acceptors (Lipinski definition) is 1. The number of ether oxygens (including phenoxy) is 1. The minimum absolute atomic E-state index is 0.00684. The summed E-state index contributed by atoms with van der Waals surface area (Å²) >= 11 is 0. The largest absolute Gasteiger partial charge is 0.480 e. The molecule has 41 heavy (non-hydrogen) atoms. The Morgan fingerprint density at radius 3 is 1.63 bits per heavy atom. The van der Waals surface area contributed by atoms with E-state index in [1.165, 1.54) is 24.3 Å². The first-order valence-corrected chi connectivity index (χ1v) is 15.0. The van der Waals surface area contributed by atoms with Crippen molar-refractivity contribution in [2.24, 2.45) is 0 Å². The summed E-state index contributed by atoms with van der Waals surface area (Å²) in [7, 11) is -2.30. The molecular formula is C35H26F4OP+. The van der Waals surface area contributed by atoms with E-state index in [0.717, 1.165) is 28.0 Å². The van der Waals surface area contributed by atoms with E-state index in [2.05, 4.69) is 48.2 Å². The Hall–Kier alpha value is -4.39. The van der Waals surface area contributed by atoms with E-state index in [-0.39, 0.29) is 12.4 Å². The van der Waals surface area contributed by atoms with Gasteiger partial charge in [0.05, 0.1) is 5.56 Å². The topological polar surface area (TPSA) is 9.23 Å². The molecule has 5 aromatic rings. The summed E-state index contributed by atoms with van der Waals surface area (Å²) < 4.78 is 59.3. The van der Waals surface area contributed by atoms with Gasteiger partial charge in [0.15, 0.2) is 0 Å². The maximum atomic E-state index is 14.7. The van der Waals surface area contributed by atoms with Crippen molar-refractivity contribution in [3.63, 3.8) is 0 Å². The lowest BCUT2D eigenvalue weighted by Crippen LogP contribution is -2.32. The van der Waals surface area contributed by atoms with Gasteiger partial charge < -0.3 is 4.74 Å². The van der Waals surface area contributed by atoms with Gasteiger partial charge in [-0.15, -0.1) is 0 Å². The van der Waals surface area contributed by atoms with Crippen LogP contribution in [0.2, 0.25) is 0 Å². The van der Waals surface area contributed by atoms with E-state index < -0.39 is 19.0 Å². The van der Waals surface area contributed by atoms with Crippen LogP contribution in [-0.4, -0.2) is 6.61 Å². The molecular weight excluding hydrogens is 543 g/mol. The minimum atomic E-state index is -4.40. The van der Waals surface area contributed by atoms with Crippen molar-refractivity contribution >= 4 is 23.2 Å². The molecule has 0 heterocycles. The van der Waals surface area contributed by atoms with Crippen molar-refractivity contribution in [1.29, 1.82) is 0 Å². The van der Waals surface area contributed by atoms with Crippen molar-refractivity contribution in [3.8, 4) is 17.6 Å². The van der Waals surface area contributed by atoms with Crippen LogP contribution in [0.1, 0.15) is 16.7 Å². The van der Waals surface area contributed by atoms with Gasteiger partial charge >= 0.3 is 6.18 Å². The van der Waals surface area contributed by atoms with E-state index >= 15 is 0 Å². The molecule has 1 nitrogen and oxygen atoms in total. The van der Waals surface area contributed by atoms with Crippen LogP contribution in [0.5, 0.6) is 5.75 Å². The number of hydrogen-bond donors (Lipinski definition) is 0. The Balaban J connectivity index is 1.50. The van der Waals surface area contributed by atoms with Crippen molar-refractivity contribution < 1.29 is 22.3 Å². The van der Waals surface area contributed by atoms with E-state index in [4.69, 9.17) is 4.74 Å². The molecule has 5 aromatic carbocycles. The standard InChI is InChI=1S/C35H26F4OP/c36-30-22-23-34(40-24-10-11-27-18-20-29(21-19-27)35(37,38)39)28(25-30)26-41(31-12-4-1-5-13-31,32-14-6-2-7-15-32)33-16-8-3-9-17-33/h1-9,12-23,25H,24,26H2/q+1. The van der Waals surface area contributed by atoms with Gasteiger partial charge in [-0.1, -0.05) is 66.4 Å². The highest BCUT2D eigenvalue weighted by Gasteiger charge is 2.46. The summed E-state index contributed by atoms with van der Waals surface area (Å²) in [6.07, 6.45) is -3.88. The number of rotatable bonds is 7. The van der Waals surface area contributed by atoms with Gasteiger partial charge in [0.1, 0.15) is 47.5 Å². The predicted octanol–water partition coefficient (Wildman–Crippen LogP) is 7.77. The first-order chi connectivity index (χ1) is 19.9. The molecule has 5 rings (SSSR count). The maximum absolute atomic E-state index is 14.7. The molecule has 0 fully saturated rings. The summed E-state index contributed by atoms with van der Waals surface area (Å²) in [5.74, 6) is 5.86. The van der Waals surface area contributed by atoms with Crippen LogP contribution >= 0.6 is 7.26 Å². The molecule has 0 aliphatic heterocycles. The molecule has 0 atom stereocenters. The Kier molecular flexibility index (Phi) is 8.53. The van der Waals surface area contributed by atoms with Gasteiger partial charge in [-0.3, -0.25) is 0 Å². The summed E-state index contributed by atoms with van der Waals surface area (Å²) in [6.45, 7) is -0.00684. The van der Waals surface area contributed by atoms with E-state index in [1.54, 1.807) is 6.07 Å². The van der Waals surface area contributed by atoms with Crippen LogP contribution in [0.4, 0.5) is 17.6 Å². The normalized spacial score (nSPS) is 11.4. The summed E-state index contributed by atoms with van der Waals surface area (Å²) in [6, 6.07) is 40.0. The van der Waals surface area contributed by atoms with Gasteiger partial charge in [0, 0.05) is 11.1 Å². The molecule has 0 saturated heterocycles. The van der Waals surface area contributed by atoms with Crippen LogP contribution < -0.4 is 20.7 Å². The maximum Gasteiger partial charge on any atom is 0.416 e. The van der Waals surface area contributed by atoms with Crippen LogP contribution in [0, 0.1) is 17.7 Å². The summed E-state index contributed by atoms with van der Waals surface area (Å²) in [5.41, 5.74) is 0.437. The second kappa shape index (κ2) is 12.4. The molecule has 6 heteroatoms. The van der Waals surface area contributed by atoms with E-state index in [0.29, 0.717) is 23.0 Å². The van der Waals surface area contributed by atoms with Gasteiger partial charge in [-0.2, -0.15) is 13.2 Å². The molecule has 0 saturated carbocycles. The lowest BCUT2D eigenvalue weighted by atomic mass is 10.1. The van der Waals surface area contributed by atoms with Crippen molar-refractivity contribution in [3.05, 3.63) is 156 Å². The zero-order chi connectivity index (χ0) is 28.7. The van der Waals surface area contributed by atoms with Crippen LogP contribution in [0.25, 0.3) is 0 Å². The quantitative estimate of drug-likeness (QED) is 0.111. The van der Waals surface area contributed by atoms with Gasteiger partial charge in [-0.25, -0.2) is 4.39 Å². The second-order valence-corrected chi connectivity index (χ2v) is 12.9. The molecule has 0 bridgehead atoms. The molecule has 204 valence electrons. The van der Waals surface area contributed by atoms with E-state index in [1.807, 2.05) is 54.6 Å². The van der Waals surface area contributed by atoms with Crippen LogP contribution in [0.15, 0.2) is 133 Å². The molecule has 0 aliphatic carbocycles. The van der Waals surface area contributed by atoms with E-state index in [9.17, 15) is 17.6 Å². The Bertz CT molecular complexity index is 1540. The van der Waals surface area contributed by atoms with Crippen molar-refractivity contribution in [2.75, 3.05) is 6.61 Å². The average molecular weight is 570 g/mol. The SMILES string of the molecule is Fc1ccc(OCC#Cc2ccc(C(F)(F)F)cc2)c(C[P+](c2ccccc2)(c2ccccc2)c2ccccc2)c1. The molecule has 0 N–H and O–H groups in total. The third-order valence-electron chi connectivity index (χ3n) is 6.77. The highest BCUT2D eigenvalue weighted by Crippen LogP contribution is 2.59. The number of halogens is 4. The fourth-order valence-corrected chi connectivity index (χ4v) is 9.07. The third kappa shape index (κ3) is 6.51. The summed E-state index contributed by atoms with van der Waals surface area (Å²) in [4.78, 5) is 0. The van der Waals surface area contributed by atoms with Crippen LogP contribution in [0.3, 0.4) is 0 Å². The second-order valence-electron chi connectivity index (χ2n) is 9.39. The first kappa shape index (κ1) is 28.1. The Labute approximate surface area is 237 Å². The Morgan fingerprint density at radius 2 is 1.15 bits per heavy atom. The highest BCUT2D eigenvalue weighted by atomic mass is 31.2. The molecule has 0 unspecified atom stereocenters. The van der Waals surface area contributed by atoms with Crippen molar-refractivity contribution in [1.82, 2.24) is 0 Å². The van der Waals surface area contributed by atoms with Gasteiger partial charge in [-0.05, 0) is 78.9 Å². The number of alkyl halides is 3. The zero-order valence-electron chi connectivity index (χ0n) is 22.0. The lowest BCUT2D eigenvalue weighted by Gasteiger charge is -2.28. The molecule has 0 aromatic heterocycles. The van der Waals surface area contributed by atoms with Gasteiger partial charge in [0.25, 0.3) is 0 Å². The lowest BCUT2D eigenvalue weighted by molar-refractivity contribution is -0.137. The monoisotopic (exact) mass is 569 g/mol. The Morgan fingerprint density at radius 1 is 0.634 bits per heavy atom. The molecule has 0 aliphatic rings. The summed E-state index contributed by atoms with van der Waals surface area (Å²) in [5, 5.41) is 3.49. The van der Waals surface area contributed by atoms with Crippen molar-refractivity contribution in [2.45, 2.75) is 12.3 Å². The smallest absolute Gasteiger partial charge is 0.416 e. The average Bonchev–Trinajstić information content (AvgIpc) is 3.00. The fraction of sp³-hybridized carbons (Fsp3) is 0.0857. The zero-order valence-corrected chi connectivity index (χ0v) is 22.9. The van der Waals surface area contributed by atoms with Gasteiger partial charge in [0.2, 0.25) is 0 Å². The van der Waals surface area contributed by atoms with Crippen LogP contribution in [-0.2, 0) is 12.3 Å². The predicted molar refractivity (Wildman–Crippen MR) is 159 cm³/mol. The first-order valence-electron chi connectivity index (χ1n) is 13.0. The number of benzene rings is 5. The highest BCUT2D eigenvalue weighted by molar-refractivity contribution is 7.95.